The van der Waals surface area contributed by atoms with Crippen LogP contribution in [0.1, 0.15) is 25.7 Å². The number of anilines is 3. The van der Waals surface area contributed by atoms with E-state index < -0.39 is 10.0 Å². The Bertz CT molecular complexity index is 1220. The van der Waals surface area contributed by atoms with Gasteiger partial charge in [0.15, 0.2) is 5.82 Å². The molecule has 0 amide bonds. The average Bonchev–Trinajstić information content (AvgIpc) is 3.19. The Kier molecular flexibility index (Phi) is 5.77. The number of aromatic nitrogens is 3. The van der Waals surface area contributed by atoms with E-state index in [-0.39, 0.29) is 17.0 Å². The van der Waals surface area contributed by atoms with Gasteiger partial charge < -0.3 is 21.2 Å². The lowest BCUT2D eigenvalue weighted by molar-refractivity contribution is 0.410. The summed E-state index contributed by atoms with van der Waals surface area (Å²) in [5, 5.41) is 11.3. The molecule has 1 fully saturated rings. The molecule has 10 nitrogen and oxygen atoms in total. The number of rotatable bonds is 6. The second-order valence-corrected chi connectivity index (χ2v) is 9.41. The summed E-state index contributed by atoms with van der Waals surface area (Å²) < 4.78 is 27.7. The van der Waals surface area contributed by atoms with E-state index in [0.717, 1.165) is 25.7 Å². The number of hydrogen-bond donors (Lipinski definition) is 4. The second-order valence-electron chi connectivity index (χ2n) is 7.52. The molecule has 0 bridgehead atoms. The lowest BCUT2D eigenvalue weighted by Crippen LogP contribution is -2.33. The Labute approximate surface area is 180 Å². The number of nitrogens with zero attached hydrogens (tertiary/aromatic N) is 4. The number of benzene rings is 1. The number of imidazole rings is 1. The van der Waals surface area contributed by atoms with Gasteiger partial charge in [-0.3, -0.25) is 0 Å². The molecule has 5 N–H and O–H groups in total. The van der Waals surface area contributed by atoms with Crippen molar-refractivity contribution in [3.8, 4) is 0 Å². The van der Waals surface area contributed by atoms with Crippen LogP contribution >= 0.6 is 0 Å². The SMILES string of the molecule is [C-]#[N+]c1cnc2c(Nc3ccc(S(=O)(=O)NC)cc3)cc(NC3CCC(N)CC3)nn12. The Morgan fingerprint density at radius 3 is 2.55 bits per heavy atom. The monoisotopic (exact) mass is 440 g/mol. The van der Waals surface area contributed by atoms with E-state index in [4.69, 9.17) is 12.3 Å². The molecule has 0 unspecified atom stereocenters. The average molecular weight is 441 g/mol. The minimum absolute atomic E-state index is 0.175. The molecule has 2 heterocycles. The summed E-state index contributed by atoms with van der Waals surface area (Å²) in [6.07, 6.45) is 5.33. The first-order valence-electron chi connectivity index (χ1n) is 9.98. The molecule has 31 heavy (non-hydrogen) atoms. The Morgan fingerprint density at radius 1 is 1.19 bits per heavy atom. The van der Waals surface area contributed by atoms with Crippen LogP contribution in [-0.4, -0.2) is 42.1 Å². The van der Waals surface area contributed by atoms with Crippen LogP contribution in [0.15, 0.2) is 41.4 Å². The third-order valence-electron chi connectivity index (χ3n) is 5.40. The van der Waals surface area contributed by atoms with Crippen LogP contribution in [0.5, 0.6) is 0 Å². The quantitative estimate of drug-likeness (QED) is 0.433. The summed E-state index contributed by atoms with van der Waals surface area (Å²) in [7, 11) is -2.13. The standard InChI is InChI=1S/C20H24N8O2S/c1-22-19-12-24-20-17(25-14-7-9-16(10-8-14)31(29,30)23-2)11-18(27-28(19)20)26-15-5-3-13(21)4-6-15/h7-13,15,23,25H,3-6,21H2,2H3,(H,26,27). The minimum Gasteiger partial charge on any atom is -0.364 e. The first kappa shape index (κ1) is 21.0. The predicted octanol–water partition coefficient (Wildman–Crippen LogP) is 2.61. The van der Waals surface area contributed by atoms with Gasteiger partial charge in [0.05, 0.1) is 11.1 Å². The summed E-state index contributed by atoms with van der Waals surface area (Å²) in [6.45, 7) is 7.39. The van der Waals surface area contributed by atoms with Gasteiger partial charge in [0.2, 0.25) is 10.0 Å². The number of nitrogens with one attached hydrogen (secondary N) is 3. The molecular formula is C20H24N8O2S. The molecule has 2 aromatic heterocycles. The lowest BCUT2D eigenvalue weighted by atomic mass is 9.92. The van der Waals surface area contributed by atoms with Crippen LogP contribution in [-0.2, 0) is 10.0 Å². The number of fused-ring (bicyclic) bond motifs is 1. The van der Waals surface area contributed by atoms with Crippen molar-refractivity contribution in [3.63, 3.8) is 0 Å². The van der Waals surface area contributed by atoms with Crippen LogP contribution < -0.4 is 21.1 Å². The molecule has 0 atom stereocenters. The van der Waals surface area contributed by atoms with Crippen LogP contribution in [0.3, 0.4) is 0 Å². The molecule has 0 aliphatic heterocycles. The maximum absolute atomic E-state index is 11.9. The smallest absolute Gasteiger partial charge is 0.275 e. The van der Waals surface area contributed by atoms with Crippen LogP contribution in [0.25, 0.3) is 10.5 Å². The summed E-state index contributed by atoms with van der Waals surface area (Å²) in [4.78, 5) is 8.00. The van der Waals surface area contributed by atoms with Gasteiger partial charge in [0.25, 0.3) is 11.5 Å². The molecular weight excluding hydrogens is 416 g/mol. The molecule has 162 valence electrons. The van der Waals surface area contributed by atoms with Gasteiger partial charge in [0, 0.05) is 23.8 Å². The number of hydrogen-bond acceptors (Lipinski definition) is 7. The van der Waals surface area contributed by atoms with Crippen molar-refractivity contribution in [2.45, 2.75) is 42.7 Å². The molecule has 4 rings (SSSR count). The molecule has 1 aliphatic carbocycles. The highest BCUT2D eigenvalue weighted by atomic mass is 32.2. The van der Waals surface area contributed by atoms with Crippen molar-refractivity contribution >= 4 is 38.7 Å². The molecule has 0 saturated heterocycles. The molecule has 3 aromatic rings. The van der Waals surface area contributed by atoms with E-state index in [1.54, 1.807) is 12.1 Å². The third-order valence-corrected chi connectivity index (χ3v) is 6.83. The largest absolute Gasteiger partial charge is 0.364 e. The Balaban J connectivity index is 1.65. The van der Waals surface area contributed by atoms with E-state index in [2.05, 4.69) is 30.3 Å². The van der Waals surface area contributed by atoms with Crippen molar-refractivity contribution in [3.05, 3.63) is 47.9 Å². The van der Waals surface area contributed by atoms with E-state index in [0.29, 0.717) is 28.7 Å². The fourth-order valence-electron chi connectivity index (χ4n) is 3.66. The molecule has 0 spiro atoms. The third kappa shape index (κ3) is 4.46. The van der Waals surface area contributed by atoms with Crippen molar-refractivity contribution in [1.29, 1.82) is 0 Å². The normalized spacial score (nSPS) is 19.1. The van der Waals surface area contributed by atoms with Crippen molar-refractivity contribution in [2.24, 2.45) is 5.73 Å². The van der Waals surface area contributed by atoms with Gasteiger partial charge in [-0.25, -0.2) is 18.1 Å². The van der Waals surface area contributed by atoms with Gasteiger partial charge in [-0.1, -0.05) is 11.7 Å². The second kappa shape index (κ2) is 8.50. The van der Waals surface area contributed by atoms with Gasteiger partial charge in [0.1, 0.15) is 5.69 Å². The first-order valence-corrected chi connectivity index (χ1v) is 11.5. The summed E-state index contributed by atoms with van der Waals surface area (Å²) >= 11 is 0. The zero-order chi connectivity index (χ0) is 22.0. The van der Waals surface area contributed by atoms with Crippen LogP contribution in [0.2, 0.25) is 0 Å². The zero-order valence-electron chi connectivity index (χ0n) is 17.0. The predicted molar refractivity (Wildman–Crippen MR) is 119 cm³/mol. The van der Waals surface area contributed by atoms with Gasteiger partial charge in [-0.05, 0) is 57.0 Å². The lowest BCUT2D eigenvalue weighted by Gasteiger charge is -2.27. The fourth-order valence-corrected chi connectivity index (χ4v) is 4.39. The molecule has 1 aliphatic rings. The minimum atomic E-state index is -3.51. The molecule has 1 aromatic carbocycles. The molecule has 0 radical (unpaired) electrons. The van der Waals surface area contributed by atoms with E-state index in [1.807, 2.05) is 6.07 Å². The maximum Gasteiger partial charge on any atom is 0.275 e. The maximum atomic E-state index is 11.9. The Morgan fingerprint density at radius 2 is 1.90 bits per heavy atom. The molecule has 1 saturated carbocycles. The highest BCUT2D eigenvalue weighted by Crippen LogP contribution is 2.28. The van der Waals surface area contributed by atoms with Crippen molar-refractivity contribution < 1.29 is 8.42 Å². The van der Waals surface area contributed by atoms with E-state index in [1.165, 1.54) is 29.9 Å². The first-order chi connectivity index (χ1) is 14.9. The summed E-state index contributed by atoms with van der Waals surface area (Å²) in [5.41, 5.74) is 7.85. The van der Waals surface area contributed by atoms with E-state index in [9.17, 15) is 8.42 Å². The highest BCUT2D eigenvalue weighted by molar-refractivity contribution is 7.89. The topological polar surface area (TPSA) is 131 Å². The number of nitrogens with two attached hydrogens (primary N) is 1. The fraction of sp³-hybridized carbons (Fsp3) is 0.350. The highest BCUT2D eigenvalue weighted by Gasteiger charge is 2.21. The van der Waals surface area contributed by atoms with E-state index >= 15 is 0 Å². The number of sulfonamides is 1. The van der Waals surface area contributed by atoms with Gasteiger partial charge in [-0.2, -0.15) is 0 Å². The van der Waals surface area contributed by atoms with Crippen LogP contribution in [0, 0.1) is 6.57 Å². The molecule has 11 heteroatoms. The van der Waals surface area contributed by atoms with Crippen molar-refractivity contribution in [2.75, 3.05) is 17.7 Å². The summed E-state index contributed by atoms with van der Waals surface area (Å²) in [5.74, 6) is 0.940. The van der Waals surface area contributed by atoms with Crippen LogP contribution in [0.4, 0.5) is 23.0 Å². The zero-order valence-corrected chi connectivity index (χ0v) is 17.9. The van der Waals surface area contributed by atoms with Gasteiger partial charge >= 0.3 is 0 Å². The summed E-state index contributed by atoms with van der Waals surface area (Å²) in [6, 6.07) is 8.76. The van der Waals surface area contributed by atoms with Crippen molar-refractivity contribution in [1.82, 2.24) is 19.3 Å². The van der Waals surface area contributed by atoms with Gasteiger partial charge in [-0.15, -0.1) is 4.52 Å². The Hall–Kier alpha value is -3.20.